The average Bonchev–Trinajstić information content (AvgIpc) is 3.06. The quantitative estimate of drug-likeness (QED) is 0.615. The standard InChI is InChI=1S/C23H24ClFN4O2/c1-15-3-7-18(8-4-15)26-23(30)29-10-9-22-19(12-29)21(27-28(22)2)14-31-13-16-5-6-17(25)11-20(16)24/h3-8,11H,9-10,12-14H2,1-2H3,(H,26,30). The zero-order chi connectivity index (χ0) is 22.0. The minimum atomic E-state index is -0.378. The Balaban J connectivity index is 1.41. The average molecular weight is 443 g/mol. The molecule has 8 heteroatoms. The van der Waals surface area contributed by atoms with Gasteiger partial charge in [0.25, 0.3) is 0 Å². The molecule has 0 saturated carbocycles. The maximum Gasteiger partial charge on any atom is 0.322 e. The number of carbonyl (C=O) groups excluding carboxylic acids is 1. The van der Waals surface area contributed by atoms with Crippen LogP contribution in [0.5, 0.6) is 0 Å². The van der Waals surface area contributed by atoms with Gasteiger partial charge in [-0.3, -0.25) is 4.68 Å². The van der Waals surface area contributed by atoms with Gasteiger partial charge in [-0.25, -0.2) is 9.18 Å². The van der Waals surface area contributed by atoms with Gasteiger partial charge in [-0.2, -0.15) is 5.10 Å². The maximum atomic E-state index is 13.2. The van der Waals surface area contributed by atoms with Crippen LogP contribution in [0.15, 0.2) is 42.5 Å². The van der Waals surface area contributed by atoms with Gasteiger partial charge in [0.15, 0.2) is 0 Å². The summed E-state index contributed by atoms with van der Waals surface area (Å²) in [5, 5.41) is 7.88. The monoisotopic (exact) mass is 442 g/mol. The van der Waals surface area contributed by atoms with Gasteiger partial charge >= 0.3 is 6.03 Å². The van der Waals surface area contributed by atoms with Crippen molar-refractivity contribution in [1.29, 1.82) is 0 Å². The number of ether oxygens (including phenoxy) is 1. The highest BCUT2D eigenvalue weighted by molar-refractivity contribution is 6.31. The molecular weight excluding hydrogens is 419 g/mol. The van der Waals surface area contributed by atoms with E-state index in [2.05, 4.69) is 10.4 Å². The van der Waals surface area contributed by atoms with Crippen LogP contribution in [0.1, 0.15) is 28.1 Å². The lowest BCUT2D eigenvalue weighted by Gasteiger charge is -2.28. The molecule has 2 aromatic carbocycles. The van der Waals surface area contributed by atoms with Gasteiger partial charge < -0.3 is 15.0 Å². The molecule has 0 radical (unpaired) electrons. The van der Waals surface area contributed by atoms with E-state index in [1.54, 1.807) is 11.0 Å². The number of nitrogens with one attached hydrogen (secondary N) is 1. The number of hydrogen-bond acceptors (Lipinski definition) is 3. The van der Waals surface area contributed by atoms with Gasteiger partial charge in [-0.1, -0.05) is 35.4 Å². The molecule has 3 aromatic rings. The number of aromatic nitrogens is 2. The lowest BCUT2D eigenvalue weighted by Crippen LogP contribution is -2.39. The molecule has 162 valence electrons. The maximum absolute atomic E-state index is 13.2. The molecule has 1 aliphatic rings. The molecular formula is C23H24ClFN4O2. The summed E-state index contributed by atoms with van der Waals surface area (Å²) in [6, 6.07) is 11.8. The predicted molar refractivity (Wildman–Crippen MR) is 117 cm³/mol. The molecule has 0 saturated heterocycles. The van der Waals surface area contributed by atoms with E-state index in [-0.39, 0.29) is 25.1 Å². The molecule has 4 rings (SSSR count). The van der Waals surface area contributed by atoms with E-state index >= 15 is 0 Å². The van der Waals surface area contributed by atoms with Crippen molar-refractivity contribution in [2.24, 2.45) is 7.05 Å². The first-order valence-electron chi connectivity index (χ1n) is 10.1. The summed E-state index contributed by atoms with van der Waals surface area (Å²) in [5.74, 6) is -0.378. The van der Waals surface area contributed by atoms with Crippen LogP contribution in [0, 0.1) is 12.7 Å². The predicted octanol–water partition coefficient (Wildman–Crippen LogP) is 4.83. The Bertz CT molecular complexity index is 1100. The molecule has 0 aliphatic carbocycles. The first-order chi connectivity index (χ1) is 14.9. The summed E-state index contributed by atoms with van der Waals surface area (Å²) in [6.45, 7) is 3.63. The van der Waals surface area contributed by atoms with Crippen LogP contribution in [-0.2, 0) is 38.0 Å². The Kier molecular flexibility index (Phi) is 6.25. The molecule has 0 spiro atoms. The lowest BCUT2D eigenvalue weighted by molar-refractivity contribution is 0.103. The molecule has 31 heavy (non-hydrogen) atoms. The topological polar surface area (TPSA) is 59.4 Å². The number of fused-ring (bicyclic) bond motifs is 1. The second-order valence-corrected chi connectivity index (χ2v) is 8.10. The van der Waals surface area contributed by atoms with Crippen LogP contribution in [0.3, 0.4) is 0 Å². The second kappa shape index (κ2) is 9.08. The third-order valence-corrected chi connectivity index (χ3v) is 5.78. The van der Waals surface area contributed by atoms with Gasteiger partial charge in [0.05, 0.1) is 25.5 Å². The van der Waals surface area contributed by atoms with E-state index in [1.807, 2.05) is 42.9 Å². The fourth-order valence-corrected chi connectivity index (χ4v) is 3.92. The fraction of sp³-hybridized carbons (Fsp3) is 0.304. The number of benzene rings is 2. The summed E-state index contributed by atoms with van der Waals surface area (Å²) in [6.07, 6.45) is 0.726. The van der Waals surface area contributed by atoms with Crippen molar-refractivity contribution < 1.29 is 13.9 Å². The molecule has 0 atom stereocenters. The molecule has 2 amide bonds. The number of carbonyl (C=O) groups is 1. The summed E-state index contributed by atoms with van der Waals surface area (Å²) in [5.41, 5.74) is 5.54. The van der Waals surface area contributed by atoms with Crippen LogP contribution in [0.2, 0.25) is 5.02 Å². The number of nitrogens with zero attached hydrogens (tertiary/aromatic N) is 3. The smallest absolute Gasteiger partial charge is 0.322 e. The highest BCUT2D eigenvalue weighted by Gasteiger charge is 2.26. The lowest BCUT2D eigenvalue weighted by atomic mass is 10.1. The summed E-state index contributed by atoms with van der Waals surface area (Å²) in [7, 11) is 1.90. The van der Waals surface area contributed by atoms with E-state index in [9.17, 15) is 9.18 Å². The van der Waals surface area contributed by atoms with Crippen molar-refractivity contribution >= 4 is 23.3 Å². The van der Waals surface area contributed by atoms with Crippen molar-refractivity contribution in [1.82, 2.24) is 14.7 Å². The molecule has 1 aliphatic heterocycles. The van der Waals surface area contributed by atoms with Gasteiger partial charge in [0.1, 0.15) is 5.82 Å². The first kappa shape index (κ1) is 21.3. The highest BCUT2D eigenvalue weighted by Crippen LogP contribution is 2.24. The SMILES string of the molecule is Cc1ccc(NC(=O)N2CCc3c(c(COCc4ccc(F)cc4Cl)nn3C)C2)cc1. The Morgan fingerprint density at radius 3 is 2.74 bits per heavy atom. The van der Waals surface area contributed by atoms with E-state index in [0.717, 1.165) is 34.6 Å². The minimum Gasteiger partial charge on any atom is -0.370 e. The summed E-state index contributed by atoms with van der Waals surface area (Å²) >= 11 is 6.07. The number of rotatable bonds is 5. The van der Waals surface area contributed by atoms with Crippen LogP contribution < -0.4 is 5.32 Å². The largest absolute Gasteiger partial charge is 0.370 e. The molecule has 6 nitrogen and oxygen atoms in total. The number of halogens is 2. The van der Waals surface area contributed by atoms with Gasteiger partial charge in [-0.05, 0) is 36.8 Å². The van der Waals surface area contributed by atoms with Crippen molar-refractivity contribution in [2.75, 3.05) is 11.9 Å². The molecule has 0 fully saturated rings. The van der Waals surface area contributed by atoms with E-state index in [1.165, 1.54) is 12.1 Å². The van der Waals surface area contributed by atoms with Gasteiger partial charge in [0.2, 0.25) is 0 Å². The Labute approximate surface area is 185 Å². The zero-order valence-corrected chi connectivity index (χ0v) is 18.2. The Morgan fingerprint density at radius 1 is 1.23 bits per heavy atom. The molecule has 1 N–H and O–H groups in total. The normalized spacial score (nSPS) is 13.2. The van der Waals surface area contributed by atoms with Crippen LogP contribution >= 0.6 is 11.6 Å². The minimum absolute atomic E-state index is 0.136. The molecule has 1 aromatic heterocycles. The summed E-state index contributed by atoms with van der Waals surface area (Å²) < 4.78 is 20.9. The fourth-order valence-electron chi connectivity index (χ4n) is 3.69. The first-order valence-corrected chi connectivity index (χ1v) is 10.5. The Morgan fingerprint density at radius 2 is 2.00 bits per heavy atom. The zero-order valence-electron chi connectivity index (χ0n) is 17.5. The number of anilines is 1. The van der Waals surface area contributed by atoms with Gasteiger partial charge in [-0.15, -0.1) is 0 Å². The summed E-state index contributed by atoms with van der Waals surface area (Å²) in [4.78, 5) is 14.5. The Hall–Kier alpha value is -2.90. The van der Waals surface area contributed by atoms with Crippen molar-refractivity contribution in [3.8, 4) is 0 Å². The molecule has 0 unspecified atom stereocenters. The number of aryl methyl sites for hydroxylation is 2. The van der Waals surface area contributed by atoms with E-state index < -0.39 is 0 Å². The number of amides is 2. The number of hydrogen-bond donors (Lipinski definition) is 1. The van der Waals surface area contributed by atoms with Crippen molar-refractivity contribution in [3.63, 3.8) is 0 Å². The molecule has 0 bridgehead atoms. The van der Waals surface area contributed by atoms with Gasteiger partial charge in [0, 0.05) is 42.0 Å². The third kappa shape index (κ3) is 4.89. The van der Waals surface area contributed by atoms with Crippen LogP contribution in [-0.4, -0.2) is 27.3 Å². The third-order valence-electron chi connectivity index (χ3n) is 5.43. The van der Waals surface area contributed by atoms with E-state index in [0.29, 0.717) is 23.7 Å². The highest BCUT2D eigenvalue weighted by atomic mass is 35.5. The van der Waals surface area contributed by atoms with Crippen LogP contribution in [0.4, 0.5) is 14.9 Å². The second-order valence-electron chi connectivity index (χ2n) is 7.69. The van der Waals surface area contributed by atoms with Crippen molar-refractivity contribution in [2.45, 2.75) is 33.1 Å². The van der Waals surface area contributed by atoms with Crippen molar-refractivity contribution in [3.05, 3.63) is 81.4 Å². The number of urea groups is 1. The molecule has 2 heterocycles. The van der Waals surface area contributed by atoms with Crippen LogP contribution in [0.25, 0.3) is 0 Å². The van der Waals surface area contributed by atoms with E-state index in [4.69, 9.17) is 16.3 Å².